The maximum atomic E-state index is 12.7. The van der Waals surface area contributed by atoms with E-state index in [2.05, 4.69) is 33.6 Å². The molecule has 2 saturated heterocycles. The van der Waals surface area contributed by atoms with Crippen LogP contribution in [0.25, 0.3) is 0 Å². The van der Waals surface area contributed by atoms with Gasteiger partial charge >= 0.3 is 0 Å². The second-order valence-electron chi connectivity index (χ2n) is 7.83. The van der Waals surface area contributed by atoms with E-state index in [1.54, 1.807) is 0 Å². The first-order valence-electron chi connectivity index (χ1n) is 9.72. The van der Waals surface area contributed by atoms with Gasteiger partial charge in [-0.25, -0.2) is 4.98 Å². The number of carbonyl (C=O) groups is 1. The lowest BCUT2D eigenvalue weighted by Gasteiger charge is -2.39. The van der Waals surface area contributed by atoms with Crippen LogP contribution in [0, 0.1) is 11.8 Å². The lowest BCUT2D eigenvalue weighted by molar-refractivity contribution is -0.127. The summed E-state index contributed by atoms with van der Waals surface area (Å²) in [5, 5.41) is 3.14. The van der Waals surface area contributed by atoms with Crippen molar-refractivity contribution in [1.82, 2.24) is 19.8 Å². The highest BCUT2D eigenvalue weighted by molar-refractivity contribution is 5.78. The Hall–Kier alpha value is -1.40. The van der Waals surface area contributed by atoms with Crippen molar-refractivity contribution in [3.63, 3.8) is 0 Å². The van der Waals surface area contributed by atoms with E-state index in [1.807, 2.05) is 12.5 Å². The molecule has 0 saturated carbocycles. The number of rotatable bonds is 6. The minimum absolute atomic E-state index is 0.109. The SMILES string of the molecule is CC(C)Cn1cncc1CNC(=O)[C@H]1CCCN(C2CCOCC2)C1. The highest BCUT2D eigenvalue weighted by Crippen LogP contribution is 2.23. The molecule has 2 aliphatic rings. The molecule has 0 aromatic carbocycles. The Morgan fingerprint density at radius 3 is 2.92 bits per heavy atom. The maximum Gasteiger partial charge on any atom is 0.224 e. The highest BCUT2D eigenvalue weighted by Gasteiger charge is 2.30. The summed E-state index contributed by atoms with van der Waals surface area (Å²) in [5.41, 5.74) is 1.08. The molecule has 0 unspecified atom stereocenters. The summed E-state index contributed by atoms with van der Waals surface area (Å²) in [6, 6.07) is 0.594. The number of hydrogen-bond donors (Lipinski definition) is 1. The standard InChI is InChI=1S/C19H32N4O2/c1-15(2)12-23-14-20-10-18(23)11-21-19(24)16-4-3-7-22(13-16)17-5-8-25-9-6-17/h10,14-17H,3-9,11-13H2,1-2H3,(H,21,24)/t16-/m0/s1. The van der Waals surface area contributed by atoms with E-state index in [0.717, 1.165) is 64.2 Å². The fourth-order valence-electron chi connectivity index (χ4n) is 3.98. The van der Waals surface area contributed by atoms with Crippen molar-refractivity contribution in [1.29, 1.82) is 0 Å². The second-order valence-corrected chi connectivity index (χ2v) is 7.83. The van der Waals surface area contributed by atoms with Gasteiger partial charge in [0.2, 0.25) is 5.91 Å². The van der Waals surface area contributed by atoms with Crippen molar-refractivity contribution in [3.8, 4) is 0 Å². The summed E-state index contributed by atoms with van der Waals surface area (Å²) < 4.78 is 7.61. The van der Waals surface area contributed by atoms with E-state index in [-0.39, 0.29) is 11.8 Å². The predicted octanol–water partition coefficient (Wildman–Crippen LogP) is 2.05. The molecule has 0 radical (unpaired) electrons. The number of amides is 1. The van der Waals surface area contributed by atoms with E-state index in [4.69, 9.17) is 4.74 Å². The van der Waals surface area contributed by atoms with Gasteiger partial charge in [0.1, 0.15) is 0 Å². The number of nitrogens with one attached hydrogen (secondary N) is 1. The predicted molar refractivity (Wildman–Crippen MR) is 97.0 cm³/mol. The van der Waals surface area contributed by atoms with Crippen LogP contribution in [0.15, 0.2) is 12.5 Å². The van der Waals surface area contributed by atoms with E-state index < -0.39 is 0 Å². The smallest absolute Gasteiger partial charge is 0.224 e. The summed E-state index contributed by atoms with van der Waals surface area (Å²) in [6.07, 6.45) is 8.02. The quantitative estimate of drug-likeness (QED) is 0.855. The fourth-order valence-corrected chi connectivity index (χ4v) is 3.98. The van der Waals surface area contributed by atoms with E-state index >= 15 is 0 Å². The minimum atomic E-state index is 0.109. The van der Waals surface area contributed by atoms with E-state index in [0.29, 0.717) is 18.5 Å². The van der Waals surface area contributed by atoms with Gasteiger partial charge in [0, 0.05) is 38.5 Å². The summed E-state index contributed by atoms with van der Waals surface area (Å²) in [7, 11) is 0. The van der Waals surface area contributed by atoms with Crippen molar-refractivity contribution >= 4 is 5.91 Å². The van der Waals surface area contributed by atoms with Gasteiger partial charge in [-0.3, -0.25) is 9.69 Å². The molecule has 2 fully saturated rings. The Labute approximate surface area is 150 Å². The molecule has 1 aromatic rings. The van der Waals surface area contributed by atoms with Gasteiger partial charge in [0.15, 0.2) is 0 Å². The first-order chi connectivity index (χ1) is 12.1. The zero-order valence-electron chi connectivity index (χ0n) is 15.6. The topological polar surface area (TPSA) is 59.4 Å². The Morgan fingerprint density at radius 2 is 2.16 bits per heavy atom. The van der Waals surface area contributed by atoms with E-state index in [9.17, 15) is 4.79 Å². The number of ether oxygens (including phenoxy) is 1. The molecule has 0 bridgehead atoms. The van der Waals surface area contributed by atoms with Crippen LogP contribution in [0.1, 0.15) is 45.2 Å². The first kappa shape index (κ1) is 18.4. The maximum absolute atomic E-state index is 12.7. The van der Waals surface area contributed by atoms with Crippen LogP contribution >= 0.6 is 0 Å². The van der Waals surface area contributed by atoms with Crippen molar-refractivity contribution < 1.29 is 9.53 Å². The number of nitrogens with zero attached hydrogens (tertiary/aromatic N) is 3. The number of likely N-dealkylation sites (tertiary alicyclic amines) is 1. The molecular formula is C19H32N4O2. The molecule has 6 nitrogen and oxygen atoms in total. The lowest BCUT2D eigenvalue weighted by Crippen LogP contribution is -2.48. The van der Waals surface area contributed by atoms with Crippen LogP contribution in [0.4, 0.5) is 0 Å². The summed E-state index contributed by atoms with van der Waals surface area (Å²) in [5.74, 6) is 0.863. The highest BCUT2D eigenvalue weighted by atomic mass is 16.5. The molecule has 0 aliphatic carbocycles. The minimum Gasteiger partial charge on any atom is -0.381 e. The Kier molecular flexibility index (Phi) is 6.48. The zero-order valence-corrected chi connectivity index (χ0v) is 15.6. The molecule has 25 heavy (non-hydrogen) atoms. The molecule has 140 valence electrons. The Balaban J connectivity index is 1.50. The van der Waals surface area contributed by atoms with Crippen LogP contribution in [-0.4, -0.2) is 52.7 Å². The molecule has 1 aromatic heterocycles. The summed E-state index contributed by atoms with van der Waals surface area (Å²) in [6.45, 7) is 9.61. The van der Waals surface area contributed by atoms with Crippen LogP contribution in [0.2, 0.25) is 0 Å². The molecule has 1 amide bonds. The number of aromatic nitrogens is 2. The van der Waals surface area contributed by atoms with Gasteiger partial charge < -0.3 is 14.6 Å². The zero-order chi connectivity index (χ0) is 17.6. The Morgan fingerprint density at radius 1 is 1.36 bits per heavy atom. The molecule has 2 aliphatic heterocycles. The number of piperidine rings is 1. The van der Waals surface area contributed by atoms with Gasteiger partial charge in [0.05, 0.1) is 24.5 Å². The fraction of sp³-hybridized carbons (Fsp3) is 0.789. The van der Waals surface area contributed by atoms with Crippen molar-refractivity contribution in [2.24, 2.45) is 11.8 Å². The molecule has 0 spiro atoms. The van der Waals surface area contributed by atoms with Gasteiger partial charge in [-0.1, -0.05) is 13.8 Å². The third kappa shape index (κ3) is 5.05. The monoisotopic (exact) mass is 348 g/mol. The number of hydrogen-bond acceptors (Lipinski definition) is 4. The molecule has 1 atom stereocenters. The average Bonchev–Trinajstić information content (AvgIpc) is 3.07. The molecular weight excluding hydrogens is 316 g/mol. The summed E-state index contributed by atoms with van der Waals surface area (Å²) in [4.78, 5) is 19.4. The lowest BCUT2D eigenvalue weighted by atomic mass is 9.94. The molecule has 3 rings (SSSR count). The summed E-state index contributed by atoms with van der Waals surface area (Å²) >= 11 is 0. The van der Waals surface area contributed by atoms with Gasteiger partial charge in [-0.15, -0.1) is 0 Å². The van der Waals surface area contributed by atoms with E-state index in [1.165, 1.54) is 0 Å². The molecule has 3 heterocycles. The van der Waals surface area contributed by atoms with Crippen molar-refractivity contribution in [3.05, 3.63) is 18.2 Å². The second kappa shape index (κ2) is 8.81. The molecule has 6 heteroatoms. The van der Waals surface area contributed by atoms with Gasteiger partial charge in [-0.05, 0) is 38.1 Å². The Bertz CT molecular complexity index is 551. The largest absolute Gasteiger partial charge is 0.381 e. The third-order valence-electron chi connectivity index (χ3n) is 5.33. The third-order valence-corrected chi connectivity index (χ3v) is 5.33. The normalized spacial score (nSPS) is 23.1. The van der Waals surface area contributed by atoms with Crippen LogP contribution < -0.4 is 5.32 Å². The number of carbonyl (C=O) groups excluding carboxylic acids is 1. The van der Waals surface area contributed by atoms with Crippen molar-refractivity contribution in [2.75, 3.05) is 26.3 Å². The van der Waals surface area contributed by atoms with Crippen LogP contribution in [0.5, 0.6) is 0 Å². The average molecular weight is 348 g/mol. The molecule has 1 N–H and O–H groups in total. The van der Waals surface area contributed by atoms with Crippen LogP contribution in [0.3, 0.4) is 0 Å². The van der Waals surface area contributed by atoms with Gasteiger partial charge in [-0.2, -0.15) is 0 Å². The number of imidazole rings is 1. The van der Waals surface area contributed by atoms with Crippen molar-refractivity contribution in [2.45, 2.75) is 58.7 Å². The van der Waals surface area contributed by atoms with Gasteiger partial charge in [0.25, 0.3) is 0 Å². The van der Waals surface area contributed by atoms with Crippen LogP contribution in [-0.2, 0) is 22.6 Å². The first-order valence-corrected chi connectivity index (χ1v) is 9.72.